The Bertz CT molecular complexity index is 1600. The van der Waals surface area contributed by atoms with E-state index < -0.39 is 28.6 Å². The van der Waals surface area contributed by atoms with Crippen LogP contribution < -0.4 is 4.90 Å². The molecule has 0 aromatic heterocycles. The zero-order valence-electron chi connectivity index (χ0n) is 21.7. The first kappa shape index (κ1) is 26.6. The molecular formula is C31H30N2O5S. The predicted molar refractivity (Wildman–Crippen MR) is 151 cm³/mol. The molecule has 0 saturated heterocycles. The number of sulfonamides is 1. The molecule has 39 heavy (non-hydrogen) atoms. The van der Waals surface area contributed by atoms with Gasteiger partial charge in [0.1, 0.15) is 0 Å². The molecule has 4 aromatic carbocycles. The molecule has 0 radical (unpaired) electrons. The van der Waals surface area contributed by atoms with Crippen LogP contribution in [0.4, 0.5) is 5.69 Å². The highest BCUT2D eigenvalue weighted by Crippen LogP contribution is 2.36. The van der Waals surface area contributed by atoms with Gasteiger partial charge in [0.25, 0.3) is 5.91 Å². The van der Waals surface area contributed by atoms with Gasteiger partial charge in [-0.05, 0) is 48.1 Å². The SMILES string of the molecule is CCN(C(=O)COC(=O)CC1c2ccccc2CCN1S(=O)(=O)c1ccccc1)c1cccc2ccccc12. The van der Waals surface area contributed by atoms with Gasteiger partial charge in [-0.15, -0.1) is 0 Å². The Kier molecular flexibility index (Phi) is 7.77. The van der Waals surface area contributed by atoms with Crippen LogP contribution in [0.25, 0.3) is 10.8 Å². The summed E-state index contributed by atoms with van der Waals surface area (Å²) in [5.41, 5.74) is 2.52. The zero-order chi connectivity index (χ0) is 27.4. The van der Waals surface area contributed by atoms with Gasteiger partial charge in [-0.2, -0.15) is 4.31 Å². The van der Waals surface area contributed by atoms with Crippen LogP contribution in [0, 0.1) is 0 Å². The number of rotatable bonds is 8. The smallest absolute Gasteiger partial charge is 0.308 e. The lowest BCUT2D eigenvalue weighted by molar-refractivity contribution is -0.148. The first-order chi connectivity index (χ1) is 18.9. The lowest BCUT2D eigenvalue weighted by Crippen LogP contribution is -2.41. The molecule has 7 nitrogen and oxygen atoms in total. The summed E-state index contributed by atoms with van der Waals surface area (Å²) in [6.07, 6.45) is 0.347. The van der Waals surface area contributed by atoms with Crippen molar-refractivity contribution in [1.29, 1.82) is 0 Å². The molecule has 5 rings (SSSR count). The molecule has 0 fully saturated rings. The molecule has 1 atom stereocenters. The maximum Gasteiger partial charge on any atom is 0.308 e. The Morgan fingerprint density at radius 2 is 1.59 bits per heavy atom. The highest BCUT2D eigenvalue weighted by Gasteiger charge is 2.38. The highest BCUT2D eigenvalue weighted by atomic mass is 32.2. The molecule has 1 aliphatic heterocycles. The summed E-state index contributed by atoms with van der Waals surface area (Å²) in [6, 6.07) is 28.6. The van der Waals surface area contributed by atoms with Crippen LogP contribution in [0.1, 0.15) is 30.5 Å². The third kappa shape index (κ3) is 5.44. The lowest BCUT2D eigenvalue weighted by Gasteiger charge is -2.36. The quantitative estimate of drug-likeness (QED) is 0.289. The fraction of sp³-hybridized carbons (Fsp3) is 0.226. The second kappa shape index (κ2) is 11.4. The molecule has 4 aromatic rings. The van der Waals surface area contributed by atoms with E-state index in [1.54, 1.807) is 35.2 Å². The number of carbonyl (C=O) groups is 2. The number of likely N-dealkylation sites (N-methyl/N-ethyl adjacent to an activating group) is 1. The van der Waals surface area contributed by atoms with E-state index in [1.807, 2.05) is 73.7 Å². The number of ether oxygens (including phenoxy) is 1. The maximum absolute atomic E-state index is 13.6. The summed E-state index contributed by atoms with van der Waals surface area (Å²) in [6.45, 7) is 2.09. The molecule has 0 spiro atoms. The summed E-state index contributed by atoms with van der Waals surface area (Å²) >= 11 is 0. The van der Waals surface area contributed by atoms with Crippen molar-refractivity contribution in [1.82, 2.24) is 4.31 Å². The zero-order valence-corrected chi connectivity index (χ0v) is 22.5. The highest BCUT2D eigenvalue weighted by molar-refractivity contribution is 7.89. The van der Waals surface area contributed by atoms with Crippen LogP contribution in [-0.2, 0) is 30.8 Å². The third-order valence-electron chi connectivity index (χ3n) is 7.10. The van der Waals surface area contributed by atoms with Crippen LogP contribution in [0.15, 0.2) is 102 Å². The molecule has 1 amide bonds. The minimum Gasteiger partial charge on any atom is -0.455 e. The number of carbonyl (C=O) groups excluding carboxylic acids is 2. The van der Waals surface area contributed by atoms with Crippen LogP contribution in [0.2, 0.25) is 0 Å². The van der Waals surface area contributed by atoms with E-state index in [-0.39, 0.29) is 23.8 Å². The largest absolute Gasteiger partial charge is 0.455 e. The Hall–Kier alpha value is -4.01. The van der Waals surface area contributed by atoms with Crippen LogP contribution in [0.3, 0.4) is 0 Å². The molecule has 200 valence electrons. The number of esters is 1. The summed E-state index contributed by atoms with van der Waals surface area (Å²) in [4.78, 5) is 28.0. The van der Waals surface area contributed by atoms with E-state index in [1.165, 1.54) is 4.31 Å². The van der Waals surface area contributed by atoms with Crippen LogP contribution in [0.5, 0.6) is 0 Å². The average molecular weight is 543 g/mol. The lowest BCUT2D eigenvalue weighted by atomic mass is 9.92. The van der Waals surface area contributed by atoms with Gasteiger partial charge in [-0.25, -0.2) is 8.42 Å². The number of fused-ring (bicyclic) bond motifs is 2. The van der Waals surface area contributed by atoms with E-state index in [2.05, 4.69) is 0 Å². The Morgan fingerprint density at radius 1 is 0.897 bits per heavy atom. The summed E-state index contributed by atoms with van der Waals surface area (Å²) in [5, 5.41) is 1.94. The van der Waals surface area contributed by atoms with Crippen LogP contribution >= 0.6 is 0 Å². The summed E-state index contributed by atoms with van der Waals surface area (Å²) < 4.78 is 34.0. The van der Waals surface area contributed by atoms with Crippen molar-refractivity contribution >= 4 is 38.4 Å². The number of amides is 1. The molecule has 0 saturated carbocycles. The number of anilines is 1. The van der Waals surface area contributed by atoms with Crippen molar-refractivity contribution in [2.45, 2.75) is 30.7 Å². The van der Waals surface area contributed by atoms with Gasteiger partial charge in [-0.3, -0.25) is 9.59 Å². The summed E-state index contributed by atoms with van der Waals surface area (Å²) in [7, 11) is -3.85. The normalized spacial score (nSPS) is 15.5. The Balaban J connectivity index is 1.34. The van der Waals surface area contributed by atoms with E-state index in [0.717, 1.165) is 27.6 Å². The van der Waals surface area contributed by atoms with Gasteiger partial charge < -0.3 is 9.64 Å². The second-order valence-electron chi connectivity index (χ2n) is 9.39. The Morgan fingerprint density at radius 3 is 2.38 bits per heavy atom. The average Bonchev–Trinajstić information content (AvgIpc) is 2.97. The molecule has 1 unspecified atom stereocenters. The first-order valence-electron chi connectivity index (χ1n) is 13.0. The van der Waals surface area contributed by atoms with Crippen molar-refractivity contribution in [2.24, 2.45) is 0 Å². The molecule has 0 bridgehead atoms. The van der Waals surface area contributed by atoms with Crippen molar-refractivity contribution in [2.75, 3.05) is 24.6 Å². The number of hydrogen-bond acceptors (Lipinski definition) is 5. The van der Waals surface area contributed by atoms with Gasteiger partial charge in [0.15, 0.2) is 6.61 Å². The molecule has 1 heterocycles. The van der Waals surface area contributed by atoms with Gasteiger partial charge in [0.05, 0.1) is 23.0 Å². The summed E-state index contributed by atoms with van der Waals surface area (Å²) in [5.74, 6) is -0.979. The third-order valence-corrected chi connectivity index (χ3v) is 9.03. The number of benzene rings is 4. The maximum atomic E-state index is 13.6. The van der Waals surface area contributed by atoms with Crippen molar-refractivity contribution in [3.63, 3.8) is 0 Å². The van der Waals surface area contributed by atoms with E-state index in [4.69, 9.17) is 4.74 Å². The first-order valence-corrected chi connectivity index (χ1v) is 14.4. The Labute approximate surface area is 228 Å². The second-order valence-corrected chi connectivity index (χ2v) is 11.3. The van der Waals surface area contributed by atoms with Crippen LogP contribution in [-0.4, -0.2) is 44.3 Å². The minimum absolute atomic E-state index is 0.173. The predicted octanol–water partition coefficient (Wildman–Crippen LogP) is 5.11. The molecule has 0 aliphatic carbocycles. The van der Waals surface area contributed by atoms with Crippen molar-refractivity contribution < 1.29 is 22.7 Å². The molecule has 1 aliphatic rings. The van der Waals surface area contributed by atoms with Gasteiger partial charge in [0.2, 0.25) is 10.0 Å². The molecular weight excluding hydrogens is 512 g/mol. The van der Waals surface area contributed by atoms with Gasteiger partial charge in [0, 0.05) is 18.5 Å². The fourth-order valence-electron chi connectivity index (χ4n) is 5.22. The van der Waals surface area contributed by atoms with Gasteiger partial charge >= 0.3 is 5.97 Å². The molecule has 0 N–H and O–H groups in total. The standard InChI is InChI=1S/C31H30N2O5S/c1-2-32(28-18-10-13-23-11-6-8-16-26(23)28)30(34)22-38-31(35)21-29-27-17-9-7-12-24(27)19-20-33(29)39(36,37)25-14-4-3-5-15-25/h3-18,29H,2,19-22H2,1H3. The van der Waals surface area contributed by atoms with Crippen molar-refractivity contribution in [3.8, 4) is 0 Å². The van der Waals surface area contributed by atoms with Crippen molar-refractivity contribution in [3.05, 3.63) is 108 Å². The van der Waals surface area contributed by atoms with E-state index in [0.29, 0.717) is 13.0 Å². The number of hydrogen-bond donors (Lipinski definition) is 0. The topological polar surface area (TPSA) is 84.0 Å². The molecule has 8 heteroatoms. The number of nitrogens with zero attached hydrogens (tertiary/aromatic N) is 2. The minimum atomic E-state index is -3.85. The van der Waals surface area contributed by atoms with E-state index >= 15 is 0 Å². The monoisotopic (exact) mass is 542 g/mol. The van der Waals surface area contributed by atoms with Gasteiger partial charge in [-0.1, -0.05) is 78.9 Å². The fourth-order valence-corrected chi connectivity index (χ4v) is 6.84. The van der Waals surface area contributed by atoms with E-state index in [9.17, 15) is 18.0 Å².